The molecule has 0 fully saturated rings. The van der Waals surface area contributed by atoms with Gasteiger partial charge in [0.2, 0.25) is 0 Å². The normalized spacial score (nSPS) is 12.0. The molecule has 0 aliphatic rings. The summed E-state index contributed by atoms with van der Waals surface area (Å²) in [6.45, 7) is 3.01. The number of rotatable bonds is 3. The molecule has 4 heteroatoms. The third kappa shape index (κ3) is 3.34. The van der Waals surface area contributed by atoms with E-state index in [2.05, 4.69) is 10.2 Å². The summed E-state index contributed by atoms with van der Waals surface area (Å²) in [7, 11) is 0. The third-order valence-corrected chi connectivity index (χ3v) is 1.85. The van der Waals surface area contributed by atoms with Gasteiger partial charge in [0.1, 0.15) is 11.5 Å². The van der Waals surface area contributed by atoms with Crippen molar-refractivity contribution < 1.29 is 9.90 Å². The quantitative estimate of drug-likeness (QED) is 0.602. The summed E-state index contributed by atoms with van der Waals surface area (Å²) in [5.41, 5.74) is 0.902. The summed E-state index contributed by atoms with van der Waals surface area (Å²) in [5.74, 6) is 0.0151. The van der Waals surface area contributed by atoms with Crippen LogP contribution >= 0.6 is 0 Å². The number of carbonyl (C=O) groups excluding carboxylic acids is 1. The lowest BCUT2D eigenvalue weighted by Gasteiger charge is -1.94. The van der Waals surface area contributed by atoms with Crippen LogP contribution in [-0.4, -0.2) is 22.8 Å². The van der Waals surface area contributed by atoms with E-state index in [1.54, 1.807) is 31.2 Å². The largest absolute Gasteiger partial charge is 0.507 e. The minimum Gasteiger partial charge on any atom is -0.507 e. The van der Waals surface area contributed by atoms with E-state index in [1.807, 2.05) is 0 Å². The van der Waals surface area contributed by atoms with Gasteiger partial charge in [-0.05, 0) is 19.1 Å². The Bertz CT molecular complexity index is 422. The van der Waals surface area contributed by atoms with Crippen LogP contribution in [0.3, 0.4) is 0 Å². The van der Waals surface area contributed by atoms with E-state index in [4.69, 9.17) is 0 Å². The van der Waals surface area contributed by atoms with Gasteiger partial charge in [0.05, 0.1) is 6.21 Å². The SMILES string of the molecule is CC(=O)C(C)=NN=Cc1ccccc1O. The molecule has 78 valence electrons. The van der Waals surface area contributed by atoms with E-state index in [-0.39, 0.29) is 11.5 Å². The first-order valence-electron chi connectivity index (χ1n) is 4.48. The number of aromatic hydroxyl groups is 1. The van der Waals surface area contributed by atoms with Crippen molar-refractivity contribution in [2.75, 3.05) is 0 Å². The van der Waals surface area contributed by atoms with E-state index in [1.165, 1.54) is 13.1 Å². The maximum atomic E-state index is 10.8. The third-order valence-electron chi connectivity index (χ3n) is 1.85. The first-order chi connectivity index (χ1) is 7.11. The summed E-state index contributed by atoms with van der Waals surface area (Å²) in [4.78, 5) is 10.8. The van der Waals surface area contributed by atoms with Crippen LogP contribution in [0.4, 0.5) is 0 Å². The molecule has 0 saturated heterocycles. The molecule has 0 aromatic heterocycles. The topological polar surface area (TPSA) is 62.0 Å². The van der Waals surface area contributed by atoms with Gasteiger partial charge in [-0.1, -0.05) is 12.1 Å². The second kappa shape index (κ2) is 5.05. The lowest BCUT2D eigenvalue weighted by molar-refractivity contribution is -0.111. The molecule has 0 heterocycles. The van der Waals surface area contributed by atoms with Crippen molar-refractivity contribution in [1.82, 2.24) is 0 Å². The molecule has 0 radical (unpaired) electrons. The molecule has 0 saturated carbocycles. The average molecular weight is 204 g/mol. The van der Waals surface area contributed by atoms with Crippen LogP contribution in [0.5, 0.6) is 5.75 Å². The van der Waals surface area contributed by atoms with Crippen LogP contribution < -0.4 is 0 Å². The number of hydrogen-bond acceptors (Lipinski definition) is 4. The van der Waals surface area contributed by atoms with Crippen LogP contribution in [-0.2, 0) is 4.79 Å². The predicted octanol–water partition coefficient (Wildman–Crippen LogP) is 1.78. The number of carbonyl (C=O) groups is 1. The summed E-state index contributed by atoms with van der Waals surface area (Å²) >= 11 is 0. The predicted molar refractivity (Wildman–Crippen MR) is 59.5 cm³/mol. The molecule has 1 aromatic rings. The van der Waals surface area contributed by atoms with E-state index >= 15 is 0 Å². The molecule has 1 N–H and O–H groups in total. The smallest absolute Gasteiger partial charge is 0.175 e. The number of phenolic OH excluding ortho intramolecular Hbond substituents is 1. The highest BCUT2D eigenvalue weighted by Crippen LogP contribution is 2.12. The Labute approximate surface area is 88.0 Å². The van der Waals surface area contributed by atoms with Crippen LogP contribution in [0, 0.1) is 0 Å². The van der Waals surface area contributed by atoms with Gasteiger partial charge in [-0.3, -0.25) is 4.79 Å². The fourth-order valence-electron chi connectivity index (χ4n) is 0.845. The van der Waals surface area contributed by atoms with Gasteiger partial charge in [0.15, 0.2) is 5.78 Å². The lowest BCUT2D eigenvalue weighted by Crippen LogP contribution is -2.03. The molecule has 1 rings (SSSR count). The molecule has 0 spiro atoms. The van der Waals surface area contributed by atoms with E-state index in [9.17, 15) is 9.90 Å². The van der Waals surface area contributed by atoms with Crippen molar-refractivity contribution in [2.45, 2.75) is 13.8 Å². The maximum Gasteiger partial charge on any atom is 0.175 e. The number of hydrogen-bond donors (Lipinski definition) is 1. The summed E-state index contributed by atoms with van der Waals surface area (Å²) < 4.78 is 0. The highest BCUT2D eigenvalue weighted by molar-refractivity contribution is 6.37. The molecule has 0 aliphatic carbocycles. The van der Waals surface area contributed by atoms with Crippen LogP contribution in [0.2, 0.25) is 0 Å². The summed E-state index contributed by atoms with van der Waals surface area (Å²) in [6.07, 6.45) is 1.40. The van der Waals surface area contributed by atoms with Gasteiger partial charge in [0.25, 0.3) is 0 Å². The molecule has 0 aliphatic heterocycles. The van der Waals surface area contributed by atoms with Crippen LogP contribution in [0.1, 0.15) is 19.4 Å². The molecule has 0 bridgehead atoms. The number of Topliss-reactive ketones (excluding diaryl/α,β-unsaturated/α-hetero) is 1. The van der Waals surface area contributed by atoms with Crippen molar-refractivity contribution in [3.63, 3.8) is 0 Å². The fraction of sp³-hybridized carbons (Fsp3) is 0.182. The Hall–Kier alpha value is -1.97. The minimum atomic E-state index is -0.121. The van der Waals surface area contributed by atoms with Crippen molar-refractivity contribution in [3.8, 4) is 5.75 Å². The van der Waals surface area contributed by atoms with Crippen LogP contribution in [0.25, 0.3) is 0 Å². The fourth-order valence-corrected chi connectivity index (χ4v) is 0.845. The van der Waals surface area contributed by atoms with Crippen molar-refractivity contribution >= 4 is 17.7 Å². The Morgan fingerprint density at radius 2 is 2.00 bits per heavy atom. The van der Waals surface area contributed by atoms with Gasteiger partial charge >= 0.3 is 0 Å². The number of phenols is 1. The lowest BCUT2D eigenvalue weighted by atomic mass is 10.2. The number of para-hydroxylation sites is 1. The molecule has 0 amide bonds. The number of ketones is 1. The standard InChI is InChI=1S/C11H12N2O2/c1-8(9(2)14)13-12-7-10-5-3-4-6-11(10)15/h3-7,15H,1-2H3. The average Bonchev–Trinajstić information content (AvgIpc) is 2.20. The zero-order chi connectivity index (χ0) is 11.3. The first-order valence-corrected chi connectivity index (χ1v) is 4.48. The molecule has 4 nitrogen and oxygen atoms in total. The zero-order valence-electron chi connectivity index (χ0n) is 8.64. The monoisotopic (exact) mass is 204 g/mol. The van der Waals surface area contributed by atoms with Gasteiger partial charge in [-0.2, -0.15) is 10.2 Å². The summed E-state index contributed by atoms with van der Waals surface area (Å²) in [5, 5.41) is 16.8. The van der Waals surface area contributed by atoms with Gasteiger partial charge < -0.3 is 5.11 Å². The second-order valence-corrected chi connectivity index (χ2v) is 3.04. The first kappa shape index (κ1) is 11.1. The van der Waals surface area contributed by atoms with Crippen molar-refractivity contribution in [2.24, 2.45) is 10.2 Å². The summed E-state index contributed by atoms with van der Waals surface area (Å²) in [6, 6.07) is 6.76. The van der Waals surface area contributed by atoms with Gasteiger partial charge in [-0.15, -0.1) is 0 Å². The highest BCUT2D eigenvalue weighted by atomic mass is 16.3. The van der Waals surface area contributed by atoms with Gasteiger partial charge in [0, 0.05) is 12.5 Å². The van der Waals surface area contributed by atoms with E-state index in [0.717, 1.165) is 0 Å². The molecular weight excluding hydrogens is 192 g/mol. The highest BCUT2D eigenvalue weighted by Gasteiger charge is 1.96. The Balaban J connectivity index is 2.79. The number of benzene rings is 1. The maximum absolute atomic E-state index is 10.8. The van der Waals surface area contributed by atoms with Gasteiger partial charge in [-0.25, -0.2) is 0 Å². The van der Waals surface area contributed by atoms with Crippen molar-refractivity contribution in [1.29, 1.82) is 0 Å². The number of nitrogens with zero attached hydrogens (tertiary/aromatic N) is 2. The van der Waals surface area contributed by atoms with Crippen molar-refractivity contribution in [3.05, 3.63) is 29.8 Å². The Morgan fingerprint density at radius 1 is 1.33 bits per heavy atom. The molecule has 0 unspecified atom stereocenters. The Morgan fingerprint density at radius 3 is 2.60 bits per heavy atom. The molecular formula is C11H12N2O2. The Kier molecular flexibility index (Phi) is 3.74. The minimum absolute atomic E-state index is 0.121. The molecule has 0 atom stereocenters. The zero-order valence-corrected chi connectivity index (χ0v) is 8.64. The van der Waals surface area contributed by atoms with E-state index < -0.39 is 0 Å². The van der Waals surface area contributed by atoms with Crippen LogP contribution in [0.15, 0.2) is 34.5 Å². The molecule has 15 heavy (non-hydrogen) atoms. The second-order valence-electron chi connectivity index (χ2n) is 3.04. The van der Waals surface area contributed by atoms with E-state index in [0.29, 0.717) is 11.3 Å². The molecule has 1 aromatic carbocycles.